The molecule has 26 heavy (non-hydrogen) atoms. The van der Waals surface area contributed by atoms with Crippen LogP contribution in [-0.4, -0.2) is 37.9 Å². The third kappa shape index (κ3) is 3.47. The third-order valence-electron chi connectivity index (χ3n) is 4.04. The molecule has 0 radical (unpaired) electrons. The molecule has 2 aromatic carbocycles. The zero-order chi connectivity index (χ0) is 18.9. The average Bonchev–Trinajstić information content (AvgIpc) is 2.99. The number of carbonyl (C=O) groups is 1. The molecule has 1 N–H and O–H groups in total. The van der Waals surface area contributed by atoms with Gasteiger partial charge in [0.05, 0.1) is 11.3 Å². The molecule has 0 atom stereocenters. The first-order chi connectivity index (χ1) is 12.3. The molecule has 7 nitrogen and oxygen atoms in total. The minimum atomic E-state index is -3.58. The zero-order valence-electron chi connectivity index (χ0n) is 14.7. The molecule has 0 saturated carbocycles. The van der Waals surface area contributed by atoms with Crippen molar-refractivity contribution in [3.63, 3.8) is 0 Å². The van der Waals surface area contributed by atoms with E-state index in [1.54, 1.807) is 19.1 Å². The Hall–Kier alpha value is -2.71. The van der Waals surface area contributed by atoms with Crippen LogP contribution in [0.5, 0.6) is 0 Å². The number of amides is 1. The van der Waals surface area contributed by atoms with Crippen LogP contribution in [0.25, 0.3) is 11.0 Å². The Kier molecular flexibility index (Phi) is 4.80. The molecule has 1 amide bonds. The van der Waals surface area contributed by atoms with Gasteiger partial charge in [-0.15, -0.1) is 0 Å². The lowest BCUT2D eigenvalue weighted by Crippen LogP contribution is -2.22. The highest BCUT2D eigenvalue weighted by Gasteiger charge is 2.19. The van der Waals surface area contributed by atoms with E-state index >= 15 is 0 Å². The molecule has 1 aromatic heterocycles. The Morgan fingerprint density at radius 3 is 2.65 bits per heavy atom. The number of nitrogens with one attached hydrogen (secondary N) is 1. The van der Waals surface area contributed by atoms with Crippen molar-refractivity contribution in [2.24, 2.45) is 0 Å². The average molecular weight is 373 g/mol. The second kappa shape index (κ2) is 6.89. The molecule has 0 spiro atoms. The molecule has 3 rings (SSSR count). The van der Waals surface area contributed by atoms with Gasteiger partial charge in [0.2, 0.25) is 15.9 Å². The molecule has 0 fully saturated rings. The highest BCUT2D eigenvalue weighted by atomic mass is 32.2. The predicted molar refractivity (Wildman–Crippen MR) is 98.4 cm³/mol. The van der Waals surface area contributed by atoms with E-state index in [4.69, 9.17) is 4.52 Å². The SMILES string of the molecule is Cc1ccc(S(=O)(=O)N(C)C)cc1NC(=O)Cc1noc2ccccc12. The van der Waals surface area contributed by atoms with Crippen LogP contribution in [0.2, 0.25) is 0 Å². The fourth-order valence-corrected chi connectivity index (χ4v) is 3.45. The van der Waals surface area contributed by atoms with Gasteiger partial charge in [0, 0.05) is 25.2 Å². The van der Waals surface area contributed by atoms with Crippen molar-refractivity contribution in [2.75, 3.05) is 19.4 Å². The molecule has 0 bridgehead atoms. The van der Waals surface area contributed by atoms with E-state index in [1.807, 2.05) is 18.2 Å². The lowest BCUT2D eigenvalue weighted by Gasteiger charge is -2.14. The summed E-state index contributed by atoms with van der Waals surface area (Å²) >= 11 is 0. The number of hydrogen-bond acceptors (Lipinski definition) is 5. The lowest BCUT2D eigenvalue weighted by molar-refractivity contribution is -0.115. The van der Waals surface area contributed by atoms with E-state index in [1.165, 1.54) is 26.2 Å². The van der Waals surface area contributed by atoms with Gasteiger partial charge in [-0.1, -0.05) is 23.4 Å². The number of sulfonamides is 1. The number of nitrogens with zero attached hydrogens (tertiary/aromatic N) is 2. The van der Waals surface area contributed by atoms with Gasteiger partial charge in [-0.2, -0.15) is 0 Å². The van der Waals surface area contributed by atoms with Crippen LogP contribution < -0.4 is 5.32 Å². The number of hydrogen-bond donors (Lipinski definition) is 1. The van der Waals surface area contributed by atoms with Crippen molar-refractivity contribution in [1.82, 2.24) is 9.46 Å². The summed E-state index contributed by atoms with van der Waals surface area (Å²) in [5.74, 6) is -0.299. The quantitative estimate of drug-likeness (QED) is 0.742. The summed E-state index contributed by atoms with van der Waals surface area (Å²) in [7, 11) is -0.653. The summed E-state index contributed by atoms with van der Waals surface area (Å²) < 4.78 is 30.9. The van der Waals surface area contributed by atoms with Gasteiger partial charge in [-0.25, -0.2) is 12.7 Å². The van der Waals surface area contributed by atoms with E-state index in [2.05, 4.69) is 10.5 Å². The van der Waals surface area contributed by atoms with Crippen LogP contribution >= 0.6 is 0 Å². The second-order valence-electron chi connectivity index (χ2n) is 6.11. The first-order valence-electron chi connectivity index (χ1n) is 7.95. The van der Waals surface area contributed by atoms with E-state index in [9.17, 15) is 13.2 Å². The van der Waals surface area contributed by atoms with Gasteiger partial charge < -0.3 is 9.84 Å². The molecule has 1 heterocycles. The van der Waals surface area contributed by atoms with Crippen LogP contribution in [0.4, 0.5) is 5.69 Å². The summed E-state index contributed by atoms with van der Waals surface area (Å²) in [5, 5.41) is 7.48. The third-order valence-corrected chi connectivity index (χ3v) is 5.85. The van der Waals surface area contributed by atoms with Gasteiger partial charge in [0.25, 0.3) is 0 Å². The number of fused-ring (bicyclic) bond motifs is 1. The number of aryl methyl sites for hydroxylation is 1. The number of benzene rings is 2. The van der Waals surface area contributed by atoms with Crippen LogP contribution in [0.1, 0.15) is 11.3 Å². The first-order valence-corrected chi connectivity index (χ1v) is 9.39. The van der Waals surface area contributed by atoms with E-state index < -0.39 is 10.0 Å². The Morgan fingerprint density at radius 1 is 1.19 bits per heavy atom. The Labute approximate surface area is 151 Å². The topological polar surface area (TPSA) is 92.5 Å². The number of rotatable bonds is 5. The molecule has 0 unspecified atom stereocenters. The molecule has 0 aliphatic carbocycles. The molecular formula is C18H19N3O4S. The Balaban J connectivity index is 1.83. The normalized spacial score (nSPS) is 11.8. The number of anilines is 1. The van der Waals surface area contributed by atoms with Crippen molar-refractivity contribution in [2.45, 2.75) is 18.2 Å². The zero-order valence-corrected chi connectivity index (χ0v) is 15.5. The summed E-state index contributed by atoms with van der Waals surface area (Å²) in [6, 6.07) is 11.9. The van der Waals surface area contributed by atoms with Crippen molar-refractivity contribution < 1.29 is 17.7 Å². The monoisotopic (exact) mass is 373 g/mol. The van der Waals surface area contributed by atoms with E-state index in [-0.39, 0.29) is 17.2 Å². The second-order valence-corrected chi connectivity index (χ2v) is 8.27. The van der Waals surface area contributed by atoms with Crippen molar-refractivity contribution in [3.05, 3.63) is 53.7 Å². The fraction of sp³-hybridized carbons (Fsp3) is 0.222. The van der Waals surface area contributed by atoms with Crippen LogP contribution in [0, 0.1) is 6.92 Å². The summed E-state index contributed by atoms with van der Waals surface area (Å²) in [6.45, 7) is 1.80. The van der Waals surface area contributed by atoms with Gasteiger partial charge in [0.15, 0.2) is 5.58 Å². The van der Waals surface area contributed by atoms with Crippen molar-refractivity contribution in [3.8, 4) is 0 Å². The van der Waals surface area contributed by atoms with Crippen LogP contribution in [-0.2, 0) is 21.2 Å². The highest BCUT2D eigenvalue weighted by Crippen LogP contribution is 2.23. The molecule has 0 saturated heterocycles. The standard InChI is InChI=1S/C18H19N3O4S/c1-12-8-9-13(26(23,24)21(2)3)10-15(12)19-18(22)11-16-14-6-4-5-7-17(14)25-20-16/h4-10H,11H2,1-3H3,(H,19,22). The van der Waals surface area contributed by atoms with Crippen LogP contribution in [0.3, 0.4) is 0 Å². The maximum absolute atomic E-state index is 12.4. The Morgan fingerprint density at radius 2 is 1.92 bits per heavy atom. The fourth-order valence-electron chi connectivity index (χ4n) is 2.52. The maximum Gasteiger partial charge on any atom is 0.242 e. The van der Waals surface area contributed by atoms with E-state index in [0.717, 1.165) is 15.3 Å². The highest BCUT2D eigenvalue weighted by molar-refractivity contribution is 7.89. The van der Waals surface area contributed by atoms with Crippen LogP contribution in [0.15, 0.2) is 51.9 Å². The minimum absolute atomic E-state index is 0.0289. The van der Waals surface area contributed by atoms with Gasteiger partial charge in [-0.3, -0.25) is 4.79 Å². The van der Waals surface area contributed by atoms with Gasteiger partial charge >= 0.3 is 0 Å². The molecule has 8 heteroatoms. The largest absolute Gasteiger partial charge is 0.356 e. The van der Waals surface area contributed by atoms with Crippen molar-refractivity contribution >= 4 is 32.6 Å². The molecule has 0 aliphatic rings. The first kappa shape index (κ1) is 18.1. The van der Waals surface area contributed by atoms with Gasteiger partial charge in [-0.05, 0) is 36.8 Å². The molecule has 136 valence electrons. The number of para-hydroxylation sites is 1. The smallest absolute Gasteiger partial charge is 0.242 e. The predicted octanol–water partition coefficient (Wildman–Crippen LogP) is 2.57. The van der Waals surface area contributed by atoms with Crippen molar-refractivity contribution in [1.29, 1.82) is 0 Å². The number of carbonyl (C=O) groups excluding carboxylic acids is 1. The Bertz CT molecular complexity index is 1070. The summed E-state index contributed by atoms with van der Waals surface area (Å²) in [5.41, 5.74) is 2.37. The molecule has 3 aromatic rings. The summed E-state index contributed by atoms with van der Waals surface area (Å²) in [4.78, 5) is 12.5. The maximum atomic E-state index is 12.4. The number of aromatic nitrogens is 1. The molecular weight excluding hydrogens is 354 g/mol. The van der Waals surface area contributed by atoms with E-state index in [0.29, 0.717) is 17.0 Å². The minimum Gasteiger partial charge on any atom is -0.356 e. The summed E-state index contributed by atoms with van der Waals surface area (Å²) in [6.07, 6.45) is 0.0289. The van der Waals surface area contributed by atoms with Gasteiger partial charge in [0.1, 0.15) is 5.69 Å². The molecule has 0 aliphatic heterocycles. The lowest BCUT2D eigenvalue weighted by atomic mass is 10.1.